The van der Waals surface area contributed by atoms with Gasteiger partial charge in [-0.1, -0.05) is 6.08 Å². The van der Waals surface area contributed by atoms with Crippen LogP contribution in [0.15, 0.2) is 11.5 Å². The molecule has 0 amide bonds. The zero-order valence-corrected chi connectivity index (χ0v) is 5.89. The molecule has 9 heavy (non-hydrogen) atoms. The largest absolute Gasteiger partial charge is 0.769 e. The van der Waals surface area contributed by atoms with Gasteiger partial charge in [0, 0.05) is 0 Å². The smallest absolute Gasteiger partial charge is 0.00743 e. The van der Waals surface area contributed by atoms with Crippen LogP contribution in [-0.4, -0.2) is 15.3 Å². The summed E-state index contributed by atoms with van der Waals surface area (Å²) in [4.78, 5) is 0. The van der Waals surface area contributed by atoms with Crippen LogP contribution in [0.25, 0.3) is 0 Å². The Hall–Kier alpha value is -0.190. The van der Waals surface area contributed by atoms with Crippen molar-refractivity contribution in [1.82, 2.24) is 0 Å². The fourth-order valence-electron chi connectivity index (χ4n) is 0.382. The quantitative estimate of drug-likeness (QED) is 0.455. The molecule has 1 atom stereocenters. The van der Waals surface area contributed by atoms with Crippen molar-refractivity contribution in [3.05, 3.63) is 11.5 Å². The molecule has 4 heteroatoms. The van der Waals surface area contributed by atoms with Crippen molar-refractivity contribution >= 4 is 11.1 Å². The highest BCUT2D eigenvalue weighted by Gasteiger charge is 1.76. The van der Waals surface area contributed by atoms with Gasteiger partial charge in [-0.15, -0.1) is 0 Å². The highest BCUT2D eigenvalue weighted by atomic mass is 32.2. The molecule has 0 rings (SSSR count). The van der Waals surface area contributed by atoms with Gasteiger partial charge in [-0.05, 0) is 35.9 Å². The minimum absolute atomic E-state index is 0.607. The highest BCUT2D eigenvalue weighted by molar-refractivity contribution is 7.82. The molecular formula is C5H10NO2S-. The number of hydrogen-bond donors (Lipinski definition) is 1. The standard InChI is InChI=1S/C5H11NO2S/c6-4-2-1-3-5-9(7)8/h3,5H,1-2,4,6H2,(H,7,8)/p-1. The fraction of sp³-hybridized carbons (Fsp3) is 0.600. The number of unbranched alkanes of at least 4 members (excludes halogenated alkanes) is 1. The first-order chi connectivity index (χ1) is 4.27. The predicted octanol–water partition coefficient (Wildman–Crippen LogP) is 0.118. The molecule has 0 heterocycles. The van der Waals surface area contributed by atoms with Crippen LogP contribution in [0.1, 0.15) is 12.8 Å². The second-order valence-corrected chi connectivity index (χ2v) is 2.36. The summed E-state index contributed by atoms with van der Waals surface area (Å²) in [6.07, 6.45) is 3.17. The van der Waals surface area contributed by atoms with Gasteiger partial charge < -0.3 is 10.3 Å². The lowest BCUT2D eigenvalue weighted by Gasteiger charge is -1.93. The molecule has 0 aromatic heterocycles. The van der Waals surface area contributed by atoms with Crippen LogP contribution >= 0.6 is 0 Å². The number of rotatable bonds is 4. The summed E-state index contributed by atoms with van der Waals surface area (Å²) in [7, 11) is 0. The van der Waals surface area contributed by atoms with Gasteiger partial charge in [-0.2, -0.15) is 0 Å². The van der Waals surface area contributed by atoms with E-state index in [2.05, 4.69) is 0 Å². The van der Waals surface area contributed by atoms with E-state index in [1.165, 1.54) is 0 Å². The minimum Gasteiger partial charge on any atom is -0.769 e. The Morgan fingerprint density at radius 2 is 2.33 bits per heavy atom. The highest BCUT2D eigenvalue weighted by Crippen LogP contribution is 1.88. The maximum Gasteiger partial charge on any atom is -0.00743 e. The van der Waals surface area contributed by atoms with E-state index in [1.807, 2.05) is 0 Å². The van der Waals surface area contributed by atoms with Crippen LogP contribution in [-0.2, 0) is 11.1 Å². The zero-order valence-electron chi connectivity index (χ0n) is 5.08. The van der Waals surface area contributed by atoms with Crippen LogP contribution in [0.2, 0.25) is 0 Å². The van der Waals surface area contributed by atoms with Crippen molar-refractivity contribution in [2.75, 3.05) is 6.54 Å². The van der Waals surface area contributed by atoms with Crippen molar-refractivity contribution in [2.24, 2.45) is 5.73 Å². The Morgan fingerprint density at radius 1 is 1.67 bits per heavy atom. The molecule has 54 valence electrons. The molecule has 3 nitrogen and oxygen atoms in total. The van der Waals surface area contributed by atoms with Crippen LogP contribution in [0.3, 0.4) is 0 Å². The molecule has 0 radical (unpaired) electrons. The van der Waals surface area contributed by atoms with Crippen molar-refractivity contribution in [1.29, 1.82) is 0 Å². The molecule has 0 aliphatic carbocycles. The topological polar surface area (TPSA) is 66.2 Å². The van der Waals surface area contributed by atoms with Gasteiger partial charge in [0.05, 0.1) is 0 Å². The summed E-state index contributed by atoms with van der Waals surface area (Å²) in [5, 5.41) is 1.13. The molecule has 0 aliphatic heterocycles. The van der Waals surface area contributed by atoms with Crippen molar-refractivity contribution in [3.63, 3.8) is 0 Å². The van der Waals surface area contributed by atoms with Gasteiger partial charge >= 0.3 is 0 Å². The second kappa shape index (κ2) is 5.94. The van der Waals surface area contributed by atoms with E-state index < -0.39 is 11.1 Å². The summed E-state index contributed by atoms with van der Waals surface area (Å²) in [5.74, 6) is 0. The van der Waals surface area contributed by atoms with E-state index >= 15 is 0 Å². The number of nitrogens with two attached hydrogens (primary N) is 1. The molecule has 2 N–H and O–H groups in total. The first kappa shape index (κ1) is 8.81. The molecule has 0 fully saturated rings. The Kier molecular flexibility index (Phi) is 5.81. The molecule has 0 aromatic carbocycles. The van der Waals surface area contributed by atoms with Gasteiger partial charge in [0.1, 0.15) is 0 Å². The maximum atomic E-state index is 9.84. The summed E-state index contributed by atoms with van der Waals surface area (Å²) in [6, 6.07) is 0. The van der Waals surface area contributed by atoms with Gasteiger partial charge in [-0.3, -0.25) is 4.21 Å². The normalized spacial score (nSPS) is 14.4. The van der Waals surface area contributed by atoms with Crippen molar-refractivity contribution in [2.45, 2.75) is 12.8 Å². The lowest BCUT2D eigenvalue weighted by atomic mass is 10.3. The predicted molar refractivity (Wildman–Crippen MR) is 36.3 cm³/mol. The Labute approximate surface area is 57.2 Å². The van der Waals surface area contributed by atoms with Crippen molar-refractivity contribution in [3.8, 4) is 0 Å². The first-order valence-corrected chi connectivity index (χ1v) is 3.86. The second-order valence-electron chi connectivity index (χ2n) is 1.56. The minimum atomic E-state index is -2.04. The van der Waals surface area contributed by atoms with Crippen LogP contribution in [0.5, 0.6) is 0 Å². The van der Waals surface area contributed by atoms with Crippen LogP contribution in [0.4, 0.5) is 0 Å². The van der Waals surface area contributed by atoms with E-state index in [0.717, 1.165) is 18.2 Å². The molecule has 0 aliphatic rings. The third kappa shape index (κ3) is 7.81. The van der Waals surface area contributed by atoms with Gasteiger partial charge in [0.25, 0.3) is 0 Å². The van der Waals surface area contributed by atoms with E-state index in [1.54, 1.807) is 6.08 Å². The monoisotopic (exact) mass is 148 g/mol. The third-order valence-electron chi connectivity index (χ3n) is 0.782. The van der Waals surface area contributed by atoms with Crippen LogP contribution in [0, 0.1) is 0 Å². The molecular weight excluding hydrogens is 138 g/mol. The summed E-state index contributed by atoms with van der Waals surface area (Å²) in [6.45, 7) is 0.607. The lowest BCUT2D eigenvalue weighted by Crippen LogP contribution is -1.96. The molecule has 0 spiro atoms. The number of hydrogen-bond acceptors (Lipinski definition) is 3. The SMILES string of the molecule is NCCCC=CS(=O)[O-]. The first-order valence-electron chi connectivity index (χ1n) is 2.72. The van der Waals surface area contributed by atoms with E-state index in [-0.39, 0.29) is 0 Å². The average Bonchev–Trinajstić information content (AvgIpc) is 1.80. The van der Waals surface area contributed by atoms with Gasteiger partial charge in [0.2, 0.25) is 0 Å². The van der Waals surface area contributed by atoms with E-state index in [9.17, 15) is 8.76 Å². The van der Waals surface area contributed by atoms with Gasteiger partial charge in [-0.25, -0.2) is 0 Å². The number of allylic oxidation sites excluding steroid dienone is 1. The Balaban J connectivity index is 3.15. The lowest BCUT2D eigenvalue weighted by molar-refractivity contribution is 0.546. The molecule has 0 aromatic rings. The molecule has 0 saturated carbocycles. The fourth-order valence-corrected chi connectivity index (χ4v) is 0.676. The van der Waals surface area contributed by atoms with E-state index in [0.29, 0.717) is 6.54 Å². The average molecular weight is 148 g/mol. The molecule has 0 bridgehead atoms. The van der Waals surface area contributed by atoms with Gasteiger partial charge in [0.15, 0.2) is 0 Å². The summed E-state index contributed by atoms with van der Waals surface area (Å²) < 4.78 is 19.7. The Morgan fingerprint density at radius 3 is 2.78 bits per heavy atom. The molecule has 0 saturated heterocycles. The van der Waals surface area contributed by atoms with Crippen molar-refractivity contribution < 1.29 is 8.76 Å². The zero-order chi connectivity index (χ0) is 7.11. The van der Waals surface area contributed by atoms with Crippen LogP contribution < -0.4 is 5.73 Å². The van der Waals surface area contributed by atoms with E-state index in [4.69, 9.17) is 5.73 Å². The Bertz CT molecular complexity index is 114. The summed E-state index contributed by atoms with van der Waals surface area (Å²) in [5.41, 5.74) is 5.16. The third-order valence-corrected chi connectivity index (χ3v) is 1.20. The molecule has 1 unspecified atom stereocenters. The summed E-state index contributed by atoms with van der Waals surface area (Å²) >= 11 is -2.04. The maximum absolute atomic E-state index is 9.84.